The fraction of sp³-hybridized carbons (Fsp3) is 0.259. The van der Waals surface area contributed by atoms with Crippen LogP contribution in [-0.4, -0.2) is 29.7 Å². The van der Waals surface area contributed by atoms with E-state index in [1.165, 1.54) is 14.2 Å². The monoisotopic (exact) mass is 492 g/mol. The summed E-state index contributed by atoms with van der Waals surface area (Å²) in [7, 11) is 0.829. The molecule has 0 amide bonds. The van der Waals surface area contributed by atoms with Gasteiger partial charge in [-0.3, -0.25) is 4.72 Å². The maximum absolute atomic E-state index is 13.3. The molecule has 0 saturated carbocycles. The highest BCUT2D eigenvalue weighted by molar-refractivity contribution is 7.92. The fourth-order valence-corrected chi connectivity index (χ4v) is 6.10. The van der Waals surface area contributed by atoms with Gasteiger partial charge in [-0.15, -0.1) is 0 Å². The lowest BCUT2D eigenvalue weighted by molar-refractivity contribution is 0.405. The molecule has 1 aliphatic carbocycles. The highest BCUT2D eigenvalue weighted by Gasteiger charge is 2.38. The molecule has 0 aromatic heterocycles. The van der Waals surface area contributed by atoms with Crippen LogP contribution in [0.25, 0.3) is 0 Å². The van der Waals surface area contributed by atoms with Gasteiger partial charge in [-0.25, -0.2) is 8.42 Å². The highest BCUT2D eigenvalue weighted by Crippen LogP contribution is 2.50. The van der Waals surface area contributed by atoms with Crippen molar-refractivity contribution >= 4 is 21.4 Å². The van der Waals surface area contributed by atoms with Crippen LogP contribution in [0.2, 0.25) is 0 Å². The topological polar surface area (TPSA) is 85.9 Å². The molecule has 3 aromatic carbocycles. The van der Waals surface area contributed by atoms with Crippen LogP contribution in [0.15, 0.2) is 77.7 Å². The number of fused-ring (bicyclic) bond motifs is 3. The first-order chi connectivity index (χ1) is 16.9. The Morgan fingerprint density at radius 3 is 2.49 bits per heavy atom. The Balaban J connectivity index is 1.48. The lowest BCUT2D eigenvalue weighted by atomic mass is 9.77. The minimum Gasteiger partial charge on any atom is -0.497 e. The Kier molecular flexibility index (Phi) is 6.06. The van der Waals surface area contributed by atoms with Gasteiger partial charge in [0.25, 0.3) is 10.0 Å². The predicted molar refractivity (Wildman–Crippen MR) is 136 cm³/mol. The van der Waals surface area contributed by atoms with E-state index < -0.39 is 10.0 Å². The van der Waals surface area contributed by atoms with Crippen LogP contribution in [-0.2, 0) is 10.0 Å². The number of ether oxygens (including phenoxy) is 3. The number of methoxy groups -OCH3 is 3. The molecule has 7 nitrogen and oxygen atoms in total. The number of hydrogen-bond donors (Lipinski definition) is 2. The van der Waals surface area contributed by atoms with E-state index in [1.54, 1.807) is 37.4 Å². The largest absolute Gasteiger partial charge is 0.497 e. The molecule has 2 N–H and O–H groups in total. The standard InChI is InChI=1S/C27H28N2O5S/c1-32-18-7-4-6-17(14-18)27-22-9-5-8-21(22)23-16-20(11-12-24(23)28-27)35(30,31)29-25-15-19(33-2)10-13-26(25)34-3/h4-8,10-16,21-22,27-29H,9H2,1-3H3/t21-,22+,27+/m0/s1. The summed E-state index contributed by atoms with van der Waals surface area (Å²) in [5.41, 5.74) is 3.38. The van der Waals surface area contributed by atoms with Gasteiger partial charge in [0.1, 0.15) is 17.2 Å². The second-order valence-corrected chi connectivity index (χ2v) is 10.4. The lowest BCUT2D eigenvalue weighted by Crippen LogP contribution is -2.29. The number of hydrogen-bond acceptors (Lipinski definition) is 6. The molecule has 8 heteroatoms. The van der Waals surface area contributed by atoms with Gasteiger partial charge in [0, 0.05) is 17.7 Å². The molecule has 0 fully saturated rings. The smallest absolute Gasteiger partial charge is 0.262 e. The van der Waals surface area contributed by atoms with Gasteiger partial charge in [-0.05, 0) is 65.9 Å². The number of nitrogens with one attached hydrogen (secondary N) is 2. The van der Waals surface area contributed by atoms with Crippen molar-refractivity contribution in [1.82, 2.24) is 0 Å². The van der Waals surface area contributed by atoms with E-state index in [1.807, 2.05) is 18.2 Å². The summed E-state index contributed by atoms with van der Waals surface area (Å²) in [6, 6.07) is 18.4. The van der Waals surface area contributed by atoms with Gasteiger partial charge >= 0.3 is 0 Å². The molecule has 3 aromatic rings. The molecule has 35 heavy (non-hydrogen) atoms. The van der Waals surface area contributed by atoms with Crippen molar-refractivity contribution < 1.29 is 22.6 Å². The van der Waals surface area contributed by atoms with Crippen LogP contribution in [0, 0.1) is 5.92 Å². The molecular weight excluding hydrogens is 464 g/mol. The van der Waals surface area contributed by atoms with Crippen molar-refractivity contribution in [1.29, 1.82) is 0 Å². The SMILES string of the molecule is COc1cccc([C@H]2Nc3ccc(S(=O)(=O)Nc4cc(OC)ccc4OC)cc3[C@H]3C=CC[C@H]32)c1. The number of rotatable bonds is 7. The molecule has 0 saturated heterocycles. The second-order valence-electron chi connectivity index (χ2n) is 8.67. The third-order valence-electron chi connectivity index (χ3n) is 6.75. The summed E-state index contributed by atoms with van der Waals surface area (Å²) in [6.07, 6.45) is 5.28. The molecule has 0 radical (unpaired) electrons. The Morgan fingerprint density at radius 2 is 1.71 bits per heavy atom. The number of anilines is 2. The van der Waals surface area contributed by atoms with Gasteiger partial charge < -0.3 is 19.5 Å². The summed E-state index contributed by atoms with van der Waals surface area (Å²) in [4.78, 5) is 0.196. The first-order valence-electron chi connectivity index (χ1n) is 11.4. The Labute approximate surface area is 205 Å². The van der Waals surface area contributed by atoms with Gasteiger partial charge in [0.05, 0.1) is 38.0 Å². The van der Waals surface area contributed by atoms with Crippen molar-refractivity contribution in [3.63, 3.8) is 0 Å². The van der Waals surface area contributed by atoms with Crippen molar-refractivity contribution in [2.45, 2.75) is 23.3 Å². The van der Waals surface area contributed by atoms with E-state index in [-0.39, 0.29) is 22.8 Å². The number of sulfonamides is 1. The average Bonchev–Trinajstić information content (AvgIpc) is 3.38. The molecule has 1 heterocycles. The Hall–Kier alpha value is -3.65. The predicted octanol–water partition coefficient (Wildman–Crippen LogP) is 5.34. The van der Waals surface area contributed by atoms with Crippen molar-refractivity contribution in [2.75, 3.05) is 31.4 Å². The molecule has 182 valence electrons. The lowest BCUT2D eigenvalue weighted by Gasteiger charge is -2.37. The van der Waals surface area contributed by atoms with Gasteiger partial charge in [0.15, 0.2) is 0 Å². The first-order valence-corrected chi connectivity index (χ1v) is 12.9. The van der Waals surface area contributed by atoms with Crippen LogP contribution < -0.4 is 24.2 Å². The normalized spacial score (nSPS) is 20.4. The maximum atomic E-state index is 13.3. The highest BCUT2D eigenvalue weighted by atomic mass is 32.2. The molecular formula is C27H28N2O5S. The molecule has 2 aliphatic rings. The third kappa shape index (κ3) is 4.30. The minimum atomic E-state index is -3.86. The third-order valence-corrected chi connectivity index (χ3v) is 8.11. The number of allylic oxidation sites excluding steroid dienone is 2. The van der Waals surface area contributed by atoms with E-state index in [2.05, 4.69) is 34.3 Å². The van der Waals surface area contributed by atoms with E-state index >= 15 is 0 Å². The van der Waals surface area contributed by atoms with Gasteiger partial charge in [-0.1, -0.05) is 24.3 Å². The molecule has 0 unspecified atom stereocenters. The van der Waals surface area contributed by atoms with E-state index in [4.69, 9.17) is 14.2 Å². The van der Waals surface area contributed by atoms with Crippen molar-refractivity contribution in [3.05, 3.63) is 83.9 Å². The fourth-order valence-electron chi connectivity index (χ4n) is 5.00. The molecule has 3 atom stereocenters. The zero-order valence-electron chi connectivity index (χ0n) is 19.8. The van der Waals surface area contributed by atoms with Crippen molar-refractivity contribution in [3.8, 4) is 17.2 Å². The second kappa shape index (κ2) is 9.19. The maximum Gasteiger partial charge on any atom is 0.262 e. The summed E-state index contributed by atoms with van der Waals surface area (Å²) < 4.78 is 45.3. The Bertz CT molecular complexity index is 1390. The van der Waals surface area contributed by atoms with Crippen LogP contribution in [0.4, 0.5) is 11.4 Å². The first kappa shape index (κ1) is 23.1. The zero-order valence-corrected chi connectivity index (χ0v) is 20.6. The van der Waals surface area contributed by atoms with E-state index in [0.717, 1.165) is 29.0 Å². The molecule has 0 spiro atoms. The van der Waals surface area contributed by atoms with E-state index in [9.17, 15) is 8.42 Å². The summed E-state index contributed by atoms with van der Waals surface area (Å²) >= 11 is 0. The van der Waals surface area contributed by atoms with Crippen LogP contribution in [0.5, 0.6) is 17.2 Å². The Morgan fingerprint density at radius 1 is 0.914 bits per heavy atom. The minimum absolute atomic E-state index is 0.0965. The van der Waals surface area contributed by atoms with Crippen LogP contribution in [0.1, 0.15) is 29.5 Å². The number of benzene rings is 3. The average molecular weight is 493 g/mol. The van der Waals surface area contributed by atoms with Gasteiger partial charge in [-0.2, -0.15) is 0 Å². The van der Waals surface area contributed by atoms with Crippen molar-refractivity contribution in [2.24, 2.45) is 5.92 Å². The summed E-state index contributed by atoms with van der Waals surface area (Å²) in [5, 5.41) is 3.65. The molecule has 5 rings (SSSR count). The summed E-state index contributed by atoms with van der Waals surface area (Å²) in [5.74, 6) is 2.15. The summed E-state index contributed by atoms with van der Waals surface area (Å²) in [6.45, 7) is 0. The van der Waals surface area contributed by atoms with Gasteiger partial charge in [0.2, 0.25) is 0 Å². The quantitative estimate of drug-likeness (QED) is 0.433. The van der Waals surface area contributed by atoms with Crippen LogP contribution in [0.3, 0.4) is 0 Å². The van der Waals surface area contributed by atoms with E-state index in [0.29, 0.717) is 17.2 Å². The molecule has 0 bridgehead atoms. The van der Waals surface area contributed by atoms with Crippen LogP contribution >= 0.6 is 0 Å². The zero-order chi connectivity index (χ0) is 24.6. The molecule has 1 aliphatic heterocycles.